The molecule has 0 saturated carbocycles. The van der Waals surface area contributed by atoms with Gasteiger partial charge in [0.2, 0.25) is 5.91 Å². The lowest BCUT2D eigenvalue weighted by Crippen LogP contribution is -2.52. The van der Waals surface area contributed by atoms with Gasteiger partial charge in [0, 0.05) is 37.1 Å². The first kappa shape index (κ1) is 23.9. The number of nitrogens with zero attached hydrogens (tertiary/aromatic N) is 2. The third kappa shape index (κ3) is 5.45. The SMILES string of the molecule is CC(C(=O)Cc1ccc(-c2ccccc2)cc1)C(=O)N1CCN(C(=O)c2ccccc2Br)CC1. The van der Waals surface area contributed by atoms with Crippen molar-refractivity contribution >= 4 is 33.5 Å². The Labute approximate surface area is 208 Å². The molecule has 1 unspecified atom stereocenters. The topological polar surface area (TPSA) is 57.7 Å². The van der Waals surface area contributed by atoms with E-state index in [9.17, 15) is 14.4 Å². The second-order valence-electron chi connectivity index (χ2n) is 8.53. The Hall–Kier alpha value is -3.25. The van der Waals surface area contributed by atoms with E-state index in [4.69, 9.17) is 0 Å². The number of hydrogen-bond donors (Lipinski definition) is 0. The maximum absolute atomic E-state index is 13.0. The fourth-order valence-electron chi connectivity index (χ4n) is 4.15. The van der Waals surface area contributed by atoms with Crippen LogP contribution in [0.15, 0.2) is 83.3 Å². The van der Waals surface area contributed by atoms with Gasteiger partial charge in [-0.2, -0.15) is 0 Å². The fraction of sp³-hybridized carbons (Fsp3) is 0.250. The first-order valence-corrected chi connectivity index (χ1v) is 12.2. The van der Waals surface area contributed by atoms with Crippen LogP contribution < -0.4 is 0 Å². The summed E-state index contributed by atoms with van der Waals surface area (Å²) in [6.45, 7) is 3.44. The van der Waals surface area contributed by atoms with Crippen LogP contribution in [0, 0.1) is 5.92 Å². The van der Waals surface area contributed by atoms with Gasteiger partial charge in [0.05, 0.1) is 11.5 Å². The van der Waals surface area contributed by atoms with Gasteiger partial charge in [0.1, 0.15) is 5.78 Å². The van der Waals surface area contributed by atoms with Gasteiger partial charge in [0.25, 0.3) is 5.91 Å². The van der Waals surface area contributed by atoms with E-state index in [0.717, 1.165) is 21.2 Å². The maximum Gasteiger partial charge on any atom is 0.255 e. The lowest BCUT2D eigenvalue weighted by atomic mass is 9.96. The van der Waals surface area contributed by atoms with Gasteiger partial charge in [-0.1, -0.05) is 66.7 Å². The molecule has 0 bridgehead atoms. The summed E-state index contributed by atoms with van der Waals surface area (Å²) in [6.07, 6.45) is 0.225. The Kier molecular flexibility index (Phi) is 7.58. The highest BCUT2D eigenvalue weighted by Gasteiger charge is 2.30. The lowest BCUT2D eigenvalue weighted by Gasteiger charge is -2.36. The molecular formula is C28H27BrN2O3. The average molecular weight is 519 g/mol. The zero-order chi connectivity index (χ0) is 24.1. The molecule has 0 spiro atoms. The van der Waals surface area contributed by atoms with Crippen LogP contribution in [0.4, 0.5) is 0 Å². The average Bonchev–Trinajstić information content (AvgIpc) is 2.88. The van der Waals surface area contributed by atoms with E-state index in [1.54, 1.807) is 22.8 Å². The van der Waals surface area contributed by atoms with Gasteiger partial charge >= 0.3 is 0 Å². The molecule has 1 saturated heterocycles. The summed E-state index contributed by atoms with van der Waals surface area (Å²) >= 11 is 3.43. The van der Waals surface area contributed by atoms with E-state index in [0.29, 0.717) is 31.7 Å². The standard InChI is InChI=1S/C28H27BrN2O3/c1-20(26(32)19-21-11-13-23(14-12-21)22-7-3-2-4-8-22)27(33)30-15-17-31(18-16-30)28(34)24-9-5-6-10-25(24)29/h2-14,20H,15-19H2,1H3. The van der Waals surface area contributed by atoms with Crippen molar-refractivity contribution in [2.75, 3.05) is 26.2 Å². The van der Waals surface area contributed by atoms with Crippen LogP contribution >= 0.6 is 15.9 Å². The summed E-state index contributed by atoms with van der Waals surface area (Å²) in [6, 6.07) is 25.3. The Morgan fingerprint density at radius 1 is 0.765 bits per heavy atom. The van der Waals surface area contributed by atoms with Crippen LogP contribution in [0.1, 0.15) is 22.8 Å². The largest absolute Gasteiger partial charge is 0.339 e. The molecule has 4 rings (SSSR count). The van der Waals surface area contributed by atoms with E-state index in [1.807, 2.05) is 72.8 Å². The van der Waals surface area contributed by atoms with Crippen LogP contribution in [0.5, 0.6) is 0 Å². The minimum Gasteiger partial charge on any atom is -0.339 e. The molecule has 2 amide bonds. The third-order valence-corrected chi connectivity index (χ3v) is 6.97. The number of hydrogen-bond acceptors (Lipinski definition) is 3. The van der Waals surface area contributed by atoms with E-state index >= 15 is 0 Å². The van der Waals surface area contributed by atoms with Gasteiger partial charge in [-0.15, -0.1) is 0 Å². The van der Waals surface area contributed by atoms with Crippen molar-refractivity contribution in [3.63, 3.8) is 0 Å². The van der Waals surface area contributed by atoms with Crippen LogP contribution in [0.25, 0.3) is 11.1 Å². The van der Waals surface area contributed by atoms with Crippen molar-refractivity contribution in [3.05, 3.63) is 94.5 Å². The van der Waals surface area contributed by atoms with Crippen molar-refractivity contribution in [2.24, 2.45) is 5.92 Å². The summed E-state index contributed by atoms with van der Waals surface area (Å²) in [5.74, 6) is -1.02. The summed E-state index contributed by atoms with van der Waals surface area (Å²) in [7, 11) is 0. The highest BCUT2D eigenvalue weighted by molar-refractivity contribution is 9.10. The first-order valence-electron chi connectivity index (χ1n) is 11.4. The van der Waals surface area contributed by atoms with Gasteiger partial charge in [0.15, 0.2) is 0 Å². The van der Waals surface area contributed by atoms with E-state index in [-0.39, 0.29) is 24.0 Å². The summed E-state index contributed by atoms with van der Waals surface area (Å²) in [5, 5.41) is 0. The molecule has 0 aliphatic carbocycles. The smallest absolute Gasteiger partial charge is 0.255 e. The molecule has 0 N–H and O–H groups in total. The molecule has 1 atom stereocenters. The molecule has 3 aromatic carbocycles. The predicted molar refractivity (Wildman–Crippen MR) is 136 cm³/mol. The molecule has 1 aliphatic heterocycles. The molecule has 1 heterocycles. The van der Waals surface area contributed by atoms with Crippen LogP contribution in [0.2, 0.25) is 0 Å². The van der Waals surface area contributed by atoms with Crippen molar-refractivity contribution < 1.29 is 14.4 Å². The van der Waals surface area contributed by atoms with Crippen LogP contribution in [0.3, 0.4) is 0 Å². The summed E-state index contributed by atoms with van der Waals surface area (Å²) in [5.41, 5.74) is 3.73. The Balaban J connectivity index is 1.31. The molecular weight excluding hydrogens is 492 g/mol. The number of halogens is 1. The molecule has 0 radical (unpaired) electrons. The van der Waals surface area contributed by atoms with Crippen LogP contribution in [-0.2, 0) is 16.0 Å². The lowest BCUT2D eigenvalue weighted by molar-refractivity contribution is -0.141. The number of ketones is 1. The third-order valence-electron chi connectivity index (χ3n) is 6.28. The van der Waals surface area contributed by atoms with E-state index in [1.165, 1.54) is 0 Å². The van der Waals surface area contributed by atoms with E-state index in [2.05, 4.69) is 15.9 Å². The molecule has 6 heteroatoms. The van der Waals surface area contributed by atoms with Gasteiger partial charge in [-0.25, -0.2) is 0 Å². The minimum absolute atomic E-state index is 0.0531. The molecule has 174 valence electrons. The molecule has 5 nitrogen and oxygen atoms in total. The number of Topliss-reactive ketones (excluding diaryl/α,β-unsaturated/α-hetero) is 1. The second kappa shape index (κ2) is 10.8. The number of rotatable bonds is 6. The van der Waals surface area contributed by atoms with Crippen LogP contribution in [-0.4, -0.2) is 53.6 Å². The predicted octanol–water partition coefficient (Wildman–Crippen LogP) is 4.85. The number of amides is 2. The zero-order valence-electron chi connectivity index (χ0n) is 19.1. The highest BCUT2D eigenvalue weighted by Crippen LogP contribution is 2.21. The van der Waals surface area contributed by atoms with E-state index < -0.39 is 5.92 Å². The first-order chi connectivity index (χ1) is 16.4. The quantitative estimate of drug-likeness (QED) is 0.438. The van der Waals surface area contributed by atoms with Crippen molar-refractivity contribution in [2.45, 2.75) is 13.3 Å². The molecule has 1 fully saturated rings. The molecule has 3 aromatic rings. The number of piperazine rings is 1. The molecule has 1 aliphatic rings. The Morgan fingerprint density at radius 2 is 1.32 bits per heavy atom. The monoisotopic (exact) mass is 518 g/mol. The Bertz CT molecular complexity index is 1170. The molecule has 34 heavy (non-hydrogen) atoms. The maximum atomic E-state index is 13.0. The summed E-state index contributed by atoms with van der Waals surface area (Å²) < 4.78 is 0.759. The molecule has 0 aromatic heterocycles. The minimum atomic E-state index is -0.709. The zero-order valence-corrected chi connectivity index (χ0v) is 20.7. The number of carbonyl (C=O) groups is 3. The Morgan fingerprint density at radius 3 is 1.97 bits per heavy atom. The normalized spacial score (nSPS) is 14.5. The van der Waals surface area contributed by atoms with Gasteiger partial charge < -0.3 is 9.80 Å². The second-order valence-corrected chi connectivity index (χ2v) is 9.38. The summed E-state index contributed by atoms with van der Waals surface area (Å²) in [4.78, 5) is 42.0. The highest BCUT2D eigenvalue weighted by atomic mass is 79.9. The van der Waals surface area contributed by atoms with Gasteiger partial charge in [-0.3, -0.25) is 14.4 Å². The number of benzene rings is 3. The van der Waals surface area contributed by atoms with Crippen molar-refractivity contribution in [1.82, 2.24) is 9.80 Å². The fourth-order valence-corrected chi connectivity index (χ4v) is 4.60. The van der Waals surface area contributed by atoms with Crippen molar-refractivity contribution in [3.8, 4) is 11.1 Å². The number of carbonyl (C=O) groups excluding carboxylic acids is 3. The van der Waals surface area contributed by atoms with Crippen molar-refractivity contribution in [1.29, 1.82) is 0 Å². The van der Waals surface area contributed by atoms with Gasteiger partial charge in [-0.05, 0) is 51.7 Å².